The number of carboxylic acid groups (broad SMARTS) is 1. The van der Waals surface area contributed by atoms with Crippen LogP contribution in [0.1, 0.15) is 27.2 Å². The number of methoxy groups -OCH3 is 1. The van der Waals surface area contributed by atoms with Crippen LogP contribution in [0.25, 0.3) is 0 Å². The molecule has 0 aliphatic carbocycles. The van der Waals surface area contributed by atoms with Gasteiger partial charge in [-0.1, -0.05) is 0 Å². The number of hydrogen-bond donors (Lipinski definition) is 2. The number of ether oxygens (including phenoxy) is 1. The summed E-state index contributed by atoms with van der Waals surface area (Å²) in [5.74, 6) is -0.105. The van der Waals surface area contributed by atoms with Gasteiger partial charge in [-0.3, -0.25) is 0 Å². The molecule has 0 saturated heterocycles. The van der Waals surface area contributed by atoms with Crippen LogP contribution in [0.3, 0.4) is 0 Å². The van der Waals surface area contributed by atoms with Gasteiger partial charge in [0.05, 0.1) is 7.11 Å². The molecule has 0 radical (unpaired) electrons. The third-order valence-electron chi connectivity index (χ3n) is 3.03. The van der Waals surface area contributed by atoms with E-state index in [9.17, 15) is 9.90 Å². The maximum absolute atomic E-state index is 11.4. The van der Waals surface area contributed by atoms with Gasteiger partial charge < -0.3 is 15.2 Å². The summed E-state index contributed by atoms with van der Waals surface area (Å²) < 4.78 is 5.06. The molecule has 2 heterocycles. The molecule has 6 heteroatoms. The van der Waals surface area contributed by atoms with Gasteiger partial charge in [0.1, 0.15) is 11.4 Å². The maximum Gasteiger partial charge on any atom is 0.339 e. The molecular formula is C15H17N3O3. The molecule has 0 amide bonds. The van der Waals surface area contributed by atoms with Gasteiger partial charge in [0, 0.05) is 24.5 Å². The van der Waals surface area contributed by atoms with Crippen molar-refractivity contribution in [3.63, 3.8) is 0 Å². The lowest BCUT2D eigenvalue weighted by Crippen LogP contribution is -2.11. The second-order valence-corrected chi connectivity index (χ2v) is 4.67. The van der Waals surface area contributed by atoms with Crippen molar-refractivity contribution in [1.29, 1.82) is 0 Å². The highest BCUT2D eigenvalue weighted by molar-refractivity contribution is 5.94. The summed E-state index contributed by atoms with van der Waals surface area (Å²) in [5, 5.41) is 12.4. The Morgan fingerprint density at radius 2 is 2.14 bits per heavy atom. The molecule has 2 aromatic heterocycles. The summed E-state index contributed by atoms with van der Waals surface area (Å²) in [6, 6.07) is 5.37. The molecule has 6 nitrogen and oxygen atoms in total. The van der Waals surface area contributed by atoms with Crippen LogP contribution < -0.4 is 10.1 Å². The van der Waals surface area contributed by atoms with E-state index < -0.39 is 5.97 Å². The molecule has 2 rings (SSSR count). The number of aromatic nitrogens is 2. The first-order valence-corrected chi connectivity index (χ1v) is 6.45. The average Bonchev–Trinajstić information content (AvgIpc) is 2.44. The van der Waals surface area contributed by atoms with Gasteiger partial charge in [0.15, 0.2) is 0 Å². The van der Waals surface area contributed by atoms with Crippen molar-refractivity contribution in [3.05, 3.63) is 46.8 Å². The molecule has 0 bridgehead atoms. The molecule has 2 N–H and O–H groups in total. The Balaban J connectivity index is 2.25. The number of aryl methyl sites for hydroxylation is 2. The Bertz CT molecular complexity index is 671. The van der Waals surface area contributed by atoms with E-state index >= 15 is 0 Å². The molecule has 0 fully saturated rings. The predicted octanol–water partition coefficient (Wildman–Crippen LogP) is 2.41. The van der Waals surface area contributed by atoms with E-state index in [0.717, 1.165) is 11.3 Å². The van der Waals surface area contributed by atoms with Gasteiger partial charge in [0.25, 0.3) is 0 Å². The molecule has 0 aliphatic heterocycles. The second-order valence-electron chi connectivity index (χ2n) is 4.67. The zero-order valence-corrected chi connectivity index (χ0v) is 12.2. The highest BCUT2D eigenvalue weighted by atomic mass is 16.5. The van der Waals surface area contributed by atoms with Crippen molar-refractivity contribution in [3.8, 4) is 5.88 Å². The Hall–Kier alpha value is -2.63. The Morgan fingerprint density at radius 3 is 2.81 bits per heavy atom. The fourth-order valence-corrected chi connectivity index (χ4v) is 2.09. The lowest BCUT2D eigenvalue weighted by Gasteiger charge is -2.12. The first-order chi connectivity index (χ1) is 10.0. The zero-order valence-electron chi connectivity index (χ0n) is 12.2. The monoisotopic (exact) mass is 287 g/mol. The van der Waals surface area contributed by atoms with E-state index in [4.69, 9.17) is 4.74 Å². The summed E-state index contributed by atoms with van der Waals surface area (Å²) in [7, 11) is 1.55. The Morgan fingerprint density at radius 1 is 1.38 bits per heavy atom. The van der Waals surface area contributed by atoms with Crippen LogP contribution >= 0.6 is 0 Å². The van der Waals surface area contributed by atoms with Crippen molar-refractivity contribution in [2.75, 3.05) is 12.4 Å². The highest BCUT2D eigenvalue weighted by Gasteiger charge is 2.15. The fourth-order valence-electron chi connectivity index (χ4n) is 2.09. The molecule has 0 saturated carbocycles. The van der Waals surface area contributed by atoms with Crippen LogP contribution in [0.2, 0.25) is 0 Å². The molecule has 2 aromatic rings. The van der Waals surface area contributed by atoms with E-state index in [-0.39, 0.29) is 5.56 Å². The van der Waals surface area contributed by atoms with Crippen molar-refractivity contribution in [2.24, 2.45) is 0 Å². The first kappa shape index (κ1) is 14.8. The minimum absolute atomic E-state index is 0.196. The lowest BCUT2D eigenvalue weighted by molar-refractivity contribution is 0.0697. The highest BCUT2D eigenvalue weighted by Crippen LogP contribution is 2.20. The normalized spacial score (nSPS) is 10.2. The Labute approximate surface area is 122 Å². The van der Waals surface area contributed by atoms with Crippen LogP contribution in [0.5, 0.6) is 5.88 Å². The fraction of sp³-hybridized carbons (Fsp3) is 0.267. The molecular weight excluding hydrogens is 270 g/mol. The number of nitrogens with zero attached hydrogens (tertiary/aromatic N) is 2. The molecule has 0 unspecified atom stereocenters. The molecule has 0 spiro atoms. The van der Waals surface area contributed by atoms with E-state index in [1.165, 1.54) is 0 Å². The van der Waals surface area contributed by atoms with Gasteiger partial charge in [-0.25, -0.2) is 14.8 Å². The van der Waals surface area contributed by atoms with Crippen molar-refractivity contribution >= 4 is 11.8 Å². The molecule has 110 valence electrons. The third kappa shape index (κ3) is 3.47. The largest absolute Gasteiger partial charge is 0.481 e. The summed E-state index contributed by atoms with van der Waals surface area (Å²) in [4.78, 5) is 19.7. The minimum atomic E-state index is -0.991. The number of anilines is 1. The average molecular weight is 287 g/mol. The molecule has 0 aliphatic rings. The summed E-state index contributed by atoms with van der Waals surface area (Å²) in [5.41, 5.74) is 2.58. The summed E-state index contributed by atoms with van der Waals surface area (Å²) in [6.45, 7) is 4.03. The molecule has 0 atom stereocenters. The summed E-state index contributed by atoms with van der Waals surface area (Å²) in [6.07, 6.45) is 1.64. The topological polar surface area (TPSA) is 84.3 Å². The van der Waals surface area contributed by atoms with Crippen LogP contribution in [-0.2, 0) is 6.54 Å². The SMILES string of the molecule is COc1cc(CNc2nc(C)cc(C)c2C(=O)O)ccn1. The number of carbonyl (C=O) groups is 1. The van der Waals surface area contributed by atoms with Crippen LogP contribution in [0, 0.1) is 13.8 Å². The smallest absolute Gasteiger partial charge is 0.339 e. The van der Waals surface area contributed by atoms with Crippen molar-refractivity contribution in [2.45, 2.75) is 20.4 Å². The van der Waals surface area contributed by atoms with Gasteiger partial charge in [-0.2, -0.15) is 0 Å². The first-order valence-electron chi connectivity index (χ1n) is 6.45. The molecule has 0 aromatic carbocycles. The maximum atomic E-state index is 11.4. The van der Waals surface area contributed by atoms with E-state index in [1.54, 1.807) is 32.4 Å². The minimum Gasteiger partial charge on any atom is -0.481 e. The number of carboxylic acids is 1. The van der Waals surface area contributed by atoms with E-state index in [1.807, 2.05) is 13.0 Å². The van der Waals surface area contributed by atoms with Gasteiger partial charge in [-0.15, -0.1) is 0 Å². The van der Waals surface area contributed by atoms with E-state index in [2.05, 4.69) is 15.3 Å². The van der Waals surface area contributed by atoms with Crippen LogP contribution in [0.15, 0.2) is 24.4 Å². The van der Waals surface area contributed by atoms with Crippen LogP contribution in [-0.4, -0.2) is 28.2 Å². The van der Waals surface area contributed by atoms with Gasteiger partial charge >= 0.3 is 5.97 Å². The zero-order chi connectivity index (χ0) is 15.4. The standard InChI is InChI=1S/C15H17N3O3/c1-9-6-10(2)18-14(13(9)15(19)20)17-8-11-4-5-16-12(7-11)21-3/h4-7H,8H2,1-3H3,(H,17,18)(H,19,20). The van der Waals surface area contributed by atoms with Crippen molar-refractivity contribution in [1.82, 2.24) is 9.97 Å². The Kier molecular flexibility index (Phi) is 4.37. The van der Waals surface area contributed by atoms with Gasteiger partial charge in [-0.05, 0) is 37.1 Å². The van der Waals surface area contributed by atoms with Crippen LogP contribution in [0.4, 0.5) is 5.82 Å². The number of pyridine rings is 2. The molecule has 21 heavy (non-hydrogen) atoms. The second kappa shape index (κ2) is 6.21. The van der Waals surface area contributed by atoms with Gasteiger partial charge in [0.2, 0.25) is 5.88 Å². The van der Waals surface area contributed by atoms with Crippen molar-refractivity contribution < 1.29 is 14.6 Å². The number of aromatic carboxylic acids is 1. The van der Waals surface area contributed by atoms with E-state index in [0.29, 0.717) is 23.8 Å². The quantitative estimate of drug-likeness (QED) is 0.878. The third-order valence-corrected chi connectivity index (χ3v) is 3.03. The number of hydrogen-bond acceptors (Lipinski definition) is 5. The lowest BCUT2D eigenvalue weighted by atomic mass is 10.1. The number of rotatable bonds is 5. The number of nitrogens with one attached hydrogen (secondary N) is 1. The summed E-state index contributed by atoms with van der Waals surface area (Å²) >= 11 is 0. The predicted molar refractivity (Wildman–Crippen MR) is 78.8 cm³/mol.